The Bertz CT molecular complexity index is 811. The van der Waals surface area contributed by atoms with Crippen molar-refractivity contribution < 1.29 is 9.59 Å². The number of piperazine rings is 1. The van der Waals surface area contributed by atoms with Gasteiger partial charge in [-0.3, -0.25) is 9.59 Å². The topological polar surface area (TPSA) is 49.4 Å². The lowest BCUT2D eigenvalue weighted by Gasteiger charge is -2.39. The van der Waals surface area contributed by atoms with E-state index in [1.807, 2.05) is 54.6 Å². The molecule has 0 aliphatic carbocycles. The number of hydrogen-bond acceptors (Lipinski definition) is 2. The molecule has 2 aliphatic heterocycles. The summed E-state index contributed by atoms with van der Waals surface area (Å²) >= 11 is 0. The van der Waals surface area contributed by atoms with Crippen molar-refractivity contribution in [2.75, 3.05) is 0 Å². The fourth-order valence-corrected chi connectivity index (χ4v) is 3.21. The average Bonchev–Trinajstić information content (AvgIpc) is 2.59. The molecule has 114 valence electrons. The third-order valence-corrected chi connectivity index (χ3v) is 4.41. The number of fused-ring (bicyclic) bond motifs is 2. The highest BCUT2D eigenvalue weighted by Crippen LogP contribution is 2.27. The van der Waals surface area contributed by atoms with E-state index >= 15 is 0 Å². The Balaban J connectivity index is 1.69. The van der Waals surface area contributed by atoms with E-state index in [0.717, 1.165) is 16.7 Å². The molecule has 0 bridgehead atoms. The van der Waals surface area contributed by atoms with Crippen LogP contribution in [0.1, 0.15) is 16.7 Å². The molecule has 0 spiro atoms. The Kier molecular flexibility index (Phi) is 3.23. The molecule has 4 rings (SSSR count). The molecular weight excluding hydrogens is 288 g/mol. The van der Waals surface area contributed by atoms with Crippen molar-refractivity contribution >= 4 is 17.9 Å². The molecule has 0 saturated carbocycles. The third-order valence-electron chi connectivity index (χ3n) is 4.41. The van der Waals surface area contributed by atoms with E-state index in [4.69, 9.17) is 0 Å². The predicted molar refractivity (Wildman–Crippen MR) is 87.0 cm³/mol. The number of carbonyl (C=O) groups is 2. The Morgan fingerprint density at radius 2 is 1.65 bits per heavy atom. The van der Waals surface area contributed by atoms with Gasteiger partial charge in [0.15, 0.2) is 0 Å². The summed E-state index contributed by atoms with van der Waals surface area (Å²) in [6.07, 6.45) is 2.31. The smallest absolute Gasteiger partial charge is 0.271 e. The molecule has 23 heavy (non-hydrogen) atoms. The monoisotopic (exact) mass is 304 g/mol. The van der Waals surface area contributed by atoms with Crippen LogP contribution in [0.2, 0.25) is 0 Å². The van der Waals surface area contributed by atoms with E-state index in [9.17, 15) is 9.59 Å². The van der Waals surface area contributed by atoms with Gasteiger partial charge in [0.2, 0.25) is 5.91 Å². The maximum Gasteiger partial charge on any atom is 0.271 e. The van der Waals surface area contributed by atoms with Crippen molar-refractivity contribution in [3.05, 3.63) is 77.0 Å². The number of carbonyl (C=O) groups excluding carboxylic acids is 2. The van der Waals surface area contributed by atoms with Gasteiger partial charge in [-0.1, -0.05) is 54.6 Å². The van der Waals surface area contributed by atoms with E-state index in [1.165, 1.54) is 0 Å². The molecule has 1 fully saturated rings. The molecule has 2 amide bonds. The number of benzene rings is 2. The average molecular weight is 304 g/mol. The first-order valence-electron chi connectivity index (χ1n) is 7.68. The van der Waals surface area contributed by atoms with E-state index in [-0.39, 0.29) is 11.8 Å². The summed E-state index contributed by atoms with van der Waals surface area (Å²) in [4.78, 5) is 26.9. The summed E-state index contributed by atoms with van der Waals surface area (Å²) < 4.78 is 0. The van der Waals surface area contributed by atoms with Crippen LogP contribution in [0.5, 0.6) is 0 Å². The molecule has 1 saturated heterocycles. The van der Waals surface area contributed by atoms with Gasteiger partial charge in [0.05, 0.1) is 0 Å². The van der Waals surface area contributed by atoms with Crippen LogP contribution in [0.4, 0.5) is 0 Å². The fourth-order valence-electron chi connectivity index (χ4n) is 3.21. The summed E-state index contributed by atoms with van der Waals surface area (Å²) in [5.74, 6) is -0.228. The third kappa shape index (κ3) is 2.42. The SMILES string of the molecule is O=C1NC(=Cc2ccccc2)C(=O)N2Cc3ccccc3C[C@@H]12. The van der Waals surface area contributed by atoms with Crippen molar-refractivity contribution in [2.24, 2.45) is 0 Å². The standard InChI is InChI=1S/C19H16N2O2/c22-18-17-11-14-8-4-5-9-15(14)12-21(17)19(23)16(20-18)10-13-6-2-1-3-7-13/h1-10,17H,11-12H2,(H,20,22)/t17-/m0/s1. The summed E-state index contributed by atoms with van der Waals surface area (Å²) in [6, 6.07) is 17.1. The maximum absolute atomic E-state index is 12.8. The van der Waals surface area contributed by atoms with Gasteiger partial charge in [0.1, 0.15) is 11.7 Å². The van der Waals surface area contributed by atoms with Crippen LogP contribution in [0.25, 0.3) is 6.08 Å². The minimum Gasteiger partial charge on any atom is -0.321 e. The molecule has 2 aromatic carbocycles. The summed E-state index contributed by atoms with van der Waals surface area (Å²) in [6.45, 7) is 0.485. The first kappa shape index (κ1) is 13.8. The number of nitrogens with one attached hydrogen (secondary N) is 1. The molecule has 4 heteroatoms. The van der Waals surface area contributed by atoms with Crippen molar-refractivity contribution in [1.29, 1.82) is 0 Å². The van der Waals surface area contributed by atoms with Gasteiger partial charge < -0.3 is 10.2 Å². The zero-order chi connectivity index (χ0) is 15.8. The quantitative estimate of drug-likeness (QED) is 0.820. The number of rotatable bonds is 1. The molecule has 2 aliphatic rings. The lowest BCUT2D eigenvalue weighted by molar-refractivity contribution is -0.143. The zero-order valence-electron chi connectivity index (χ0n) is 12.5. The van der Waals surface area contributed by atoms with Gasteiger partial charge >= 0.3 is 0 Å². The highest BCUT2D eigenvalue weighted by molar-refractivity contribution is 6.07. The lowest BCUT2D eigenvalue weighted by Crippen LogP contribution is -2.58. The fraction of sp³-hybridized carbons (Fsp3) is 0.158. The molecule has 4 nitrogen and oxygen atoms in total. The van der Waals surface area contributed by atoms with Crippen LogP contribution in [-0.2, 0) is 22.6 Å². The zero-order valence-corrected chi connectivity index (χ0v) is 12.5. The minimum atomic E-state index is -0.412. The van der Waals surface area contributed by atoms with Crippen LogP contribution in [0.15, 0.2) is 60.3 Å². The highest BCUT2D eigenvalue weighted by atomic mass is 16.2. The Morgan fingerprint density at radius 3 is 2.43 bits per heavy atom. The van der Waals surface area contributed by atoms with E-state index < -0.39 is 6.04 Å². The van der Waals surface area contributed by atoms with Gasteiger partial charge in [-0.2, -0.15) is 0 Å². The van der Waals surface area contributed by atoms with Crippen LogP contribution in [0.3, 0.4) is 0 Å². The van der Waals surface area contributed by atoms with Crippen LogP contribution in [0, 0.1) is 0 Å². The maximum atomic E-state index is 12.8. The Hall–Kier alpha value is -2.88. The largest absolute Gasteiger partial charge is 0.321 e. The Morgan fingerprint density at radius 1 is 0.957 bits per heavy atom. The predicted octanol–water partition coefficient (Wildman–Crippen LogP) is 2.11. The normalized spacial score (nSPS) is 21.7. The molecule has 0 aromatic heterocycles. The first-order chi connectivity index (χ1) is 11.2. The van der Waals surface area contributed by atoms with E-state index in [1.54, 1.807) is 11.0 Å². The number of amides is 2. The van der Waals surface area contributed by atoms with Crippen LogP contribution >= 0.6 is 0 Å². The molecule has 1 N–H and O–H groups in total. The van der Waals surface area contributed by atoms with Gasteiger partial charge in [0, 0.05) is 13.0 Å². The minimum absolute atomic E-state index is 0.110. The molecule has 2 heterocycles. The molecule has 1 atom stereocenters. The highest BCUT2D eigenvalue weighted by Gasteiger charge is 2.40. The van der Waals surface area contributed by atoms with Gasteiger partial charge in [0.25, 0.3) is 5.91 Å². The lowest BCUT2D eigenvalue weighted by atomic mass is 9.91. The second-order valence-electron chi connectivity index (χ2n) is 5.88. The van der Waals surface area contributed by atoms with E-state index in [2.05, 4.69) is 5.32 Å². The summed E-state index contributed by atoms with van der Waals surface area (Å²) in [7, 11) is 0. The summed E-state index contributed by atoms with van der Waals surface area (Å²) in [5, 5.41) is 2.78. The van der Waals surface area contributed by atoms with Gasteiger partial charge in [-0.25, -0.2) is 0 Å². The second-order valence-corrected chi connectivity index (χ2v) is 5.88. The second kappa shape index (κ2) is 5.39. The first-order valence-corrected chi connectivity index (χ1v) is 7.68. The van der Waals surface area contributed by atoms with Crippen LogP contribution in [-0.4, -0.2) is 22.8 Å². The van der Waals surface area contributed by atoms with Crippen molar-refractivity contribution in [3.8, 4) is 0 Å². The van der Waals surface area contributed by atoms with Crippen molar-refractivity contribution in [3.63, 3.8) is 0 Å². The molecular formula is C19H16N2O2. The Labute approximate surface area is 134 Å². The summed E-state index contributed by atoms with van der Waals surface area (Å²) in [5.41, 5.74) is 3.50. The van der Waals surface area contributed by atoms with Gasteiger partial charge in [-0.05, 0) is 22.8 Å². The van der Waals surface area contributed by atoms with Gasteiger partial charge in [-0.15, -0.1) is 0 Å². The molecule has 0 unspecified atom stereocenters. The molecule has 2 aromatic rings. The van der Waals surface area contributed by atoms with Crippen molar-refractivity contribution in [1.82, 2.24) is 10.2 Å². The number of hydrogen-bond donors (Lipinski definition) is 1. The van der Waals surface area contributed by atoms with Crippen LogP contribution < -0.4 is 5.32 Å². The number of nitrogens with zero attached hydrogens (tertiary/aromatic N) is 1. The van der Waals surface area contributed by atoms with E-state index in [0.29, 0.717) is 18.7 Å². The van der Waals surface area contributed by atoms with Crippen molar-refractivity contribution in [2.45, 2.75) is 19.0 Å². The molecule has 0 radical (unpaired) electrons.